The van der Waals surface area contributed by atoms with Crippen molar-refractivity contribution in [2.75, 3.05) is 10.6 Å². The number of nitrogens with one attached hydrogen (secondary N) is 2. The molecule has 0 saturated heterocycles. The zero-order valence-corrected chi connectivity index (χ0v) is 10.8. The molecule has 1 aliphatic carbocycles. The van der Waals surface area contributed by atoms with Crippen LogP contribution < -0.4 is 10.6 Å². The van der Waals surface area contributed by atoms with Gasteiger partial charge in [-0.05, 0) is 25.0 Å². The molecule has 1 saturated carbocycles. The molecule has 1 heterocycles. The fourth-order valence-corrected chi connectivity index (χ4v) is 2.10. The normalized spacial score (nSPS) is 14.2. The zero-order valence-electron chi connectivity index (χ0n) is 10.8. The van der Waals surface area contributed by atoms with Gasteiger partial charge in [-0.3, -0.25) is 10.00 Å². The number of benzene rings is 1. The number of rotatable bonds is 3. The monoisotopic (exact) mass is 256 g/mol. The Morgan fingerprint density at radius 3 is 2.68 bits per heavy atom. The molecule has 0 radical (unpaired) electrons. The molecule has 1 aliphatic rings. The van der Waals surface area contributed by atoms with Crippen molar-refractivity contribution in [1.29, 1.82) is 0 Å². The minimum atomic E-state index is -0.272. The van der Waals surface area contributed by atoms with Crippen molar-refractivity contribution >= 4 is 17.5 Å². The number of urea groups is 1. The first-order chi connectivity index (χ1) is 9.22. The van der Waals surface area contributed by atoms with Crippen LogP contribution in [0, 0.1) is 0 Å². The Bertz CT molecular complexity index is 587. The van der Waals surface area contributed by atoms with Crippen molar-refractivity contribution in [1.82, 2.24) is 9.78 Å². The second-order valence-electron chi connectivity index (χ2n) is 4.80. The standard InChI is InChI=1S/C14H16N4O/c1-18-12(10-7-8-10)9-13(17-18)16-14(19)15-11-5-3-2-4-6-11/h2-6,9-10H,7-8H2,1H3,(H2,15,16,17,19). The third kappa shape index (κ3) is 2.76. The van der Waals surface area contributed by atoms with Crippen LogP contribution in [-0.4, -0.2) is 15.8 Å². The van der Waals surface area contributed by atoms with Gasteiger partial charge < -0.3 is 5.32 Å². The van der Waals surface area contributed by atoms with Crippen molar-refractivity contribution in [3.8, 4) is 0 Å². The van der Waals surface area contributed by atoms with Crippen LogP contribution in [0.2, 0.25) is 0 Å². The second kappa shape index (κ2) is 4.76. The number of carbonyl (C=O) groups is 1. The van der Waals surface area contributed by atoms with Gasteiger partial charge in [-0.15, -0.1) is 0 Å². The third-order valence-electron chi connectivity index (χ3n) is 3.18. The maximum absolute atomic E-state index is 11.8. The van der Waals surface area contributed by atoms with Crippen LogP contribution in [0.3, 0.4) is 0 Å². The van der Waals surface area contributed by atoms with Gasteiger partial charge in [0.25, 0.3) is 0 Å². The summed E-state index contributed by atoms with van der Waals surface area (Å²) < 4.78 is 1.84. The first-order valence-electron chi connectivity index (χ1n) is 6.39. The Labute approximate surface area is 111 Å². The maximum atomic E-state index is 11.8. The molecule has 1 fully saturated rings. The molecule has 5 heteroatoms. The summed E-state index contributed by atoms with van der Waals surface area (Å²) in [6.07, 6.45) is 2.43. The van der Waals surface area contributed by atoms with Gasteiger partial charge in [0, 0.05) is 30.4 Å². The quantitative estimate of drug-likeness (QED) is 0.887. The summed E-state index contributed by atoms with van der Waals surface area (Å²) >= 11 is 0. The molecule has 3 rings (SSSR count). The van der Waals surface area contributed by atoms with E-state index < -0.39 is 0 Å². The lowest BCUT2D eigenvalue weighted by molar-refractivity contribution is 0.262. The molecule has 0 aliphatic heterocycles. The molecule has 98 valence electrons. The molecule has 2 N–H and O–H groups in total. The summed E-state index contributed by atoms with van der Waals surface area (Å²) in [6, 6.07) is 11.0. The minimum Gasteiger partial charge on any atom is -0.308 e. The number of aromatic nitrogens is 2. The number of aryl methyl sites for hydroxylation is 1. The Morgan fingerprint density at radius 2 is 2.00 bits per heavy atom. The van der Waals surface area contributed by atoms with Crippen LogP contribution in [0.25, 0.3) is 0 Å². The lowest BCUT2D eigenvalue weighted by Gasteiger charge is -2.04. The van der Waals surface area contributed by atoms with E-state index in [1.807, 2.05) is 48.1 Å². The summed E-state index contributed by atoms with van der Waals surface area (Å²) in [6.45, 7) is 0. The van der Waals surface area contributed by atoms with E-state index in [0.717, 1.165) is 5.69 Å². The van der Waals surface area contributed by atoms with Crippen LogP contribution in [0.1, 0.15) is 24.5 Å². The second-order valence-corrected chi connectivity index (χ2v) is 4.80. The largest absolute Gasteiger partial charge is 0.324 e. The first-order valence-corrected chi connectivity index (χ1v) is 6.39. The number of amides is 2. The number of nitrogens with zero attached hydrogens (tertiary/aromatic N) is 2. The van der Waals surface area contributed by atoms with Crippen molar-refractivity contribution in [2.24, 2.45) is 7.05 Å². The molecule has 2 amide bonds. The van der Waals surface area contributed by atoms with E-state index in [2.05, 4.69) is 15.7 Å². The number of para-hydroxylation sites is 1. The fraction of sp³-hybridized carbons (Fsp3) is 0.286. The van der Waals surface area contributed by atoms with Gasteiger partial charge in [0.2, 0.25) is 0 Å². The highest BCUT2D eigenvalue weighted by molar-refractivity contribution is 5.99. The maximum Gasteiger partial charge on any atom is 0.324 e. The van der Waals surface area contributed by atoms with E-state index in [0.29, 0.717) is 11.7 Å². The molecule has 2 aromatic rings. The van der Waals surface area contributed by atoms with Gasteiger partial charge in [-0.25, -0.2) is 4.79 Å². The Kier molecular flexibility index (Phi) is 2.95. The SMILES string of the molecule is Cn1nc(NC(=O)Nc2ccccc2)cc1C1CC1. The summed E-state index contributed by atoms with van der Waals surface area (Å²) in [5, 5.41) is 9.82. The lowest BCUT2D eigenvalue weighted by Crippen LogP contribution is -2.19. The van der Waals surface area contributed by atoms with Crippen LogP contribution in [0.5, 0.6) is 0 Å². The predicted molar refractivity (Wildman–Crippen MR) is 74.3 cm³/mol. The first kappa shape index (κ1) is 11.8. The lowest BCUT2D eigenvalue weighted by atomic mass is 10.3. The number of hydrogen-bond acceptors (Lipinski definition) is 2. The van der Waals surface area contributed by atoms with Crippen LogP contribution in [-0.2, 0) is 7.05 Å². The molecule has 0 spiro atoms. The van der Waals surface area contributed by atoms with Crippen molar-refractivity contribution in [2.45, 2.75) is 18.8 Å². The fourth-order valence-electron chi connectivity index (χ4n) is 2.10. The highest BCUT2D eigenvalue weighted by Gasteiger charge is 2.27. The van der Waals surface area contributed by atoms with Gasteiger partial charge in [-0.1, -0.05) is 18.2 Å². The van der Waals surface area contributed by atoms with E-state index >= 15 is 0 Å². The summed E-state index contributed by atoms with van der Waals surface area (Å²) in [7, 11) is 1.91. The van der Waals surface area contributed by atoms with E-state index in [1.165, 1.54) is 18.5 Å². The Hall–Kier alpha value is -2.30. The van der Waals surface area contributed by atoms with Gasteiger partial charge >= 0.3 is 6.03 Å². The molecule has 19 heavy (non-hydrogen) atoms. The summed E-state index contributed by atoms with van der Waals surface area (Å²) in [5.41, 5.74) is 1.95. The smallest absolute Gasteiger partial charge is 0.308 e. The van der Waals surface area contributed by atoms with Gasteiger partial charge in [0.1, 0.15) is 0 Å². The molecular formula is C14H16N4O. The highest BCUT2D eigenvalue weighted by Crippen LogP contribution is 2.40. The van der Waals surface area contributed by atoms with Crippen molar-refractivity contribution in [3.63, 3.8) is 0 Å². The van der Waals surface area contributed by atoms with E-state index in [9.17, 15) is 4.79 Å². The molecule has 0 bridgehead atoms. The Balaban J connectivity index is 1.64. The average Bonchev–Trinajstić information content (AvgIpc) is 3.15. The van der Waals surface area contributed by atoms with E-state index in [4.69, 9.17) is 0 Å². The summed E-state index contributed by atoms with van der Waals surface area (Å²) in [5.74, 6) is 1.21. The van der Waals surface area contributed by atoms with Crippen LogP contribution >= 0.6 is 0 Å². The van der Waals surface area contributed by atoms with Gasteiger partial charge in [-0.2, -0.15) is 5.10 Å². The van der Waals surface area contributed by atoms with Crippen molar-refractivity contribution < 1.29 is 4.79 Å². The van der Waals surface area contributed by atoms with E-state index in [-0.39, 0.29) is 6.03 Å². The topological polar surface area (TPSA) is 59.0 Å². The molecule has 5 nitrogen and oxygen atoms in total. The molecule has 0 atom stereocenters. The number of anilines is 2. The third-order valence-corrected chi connectivity index (χ3v) is 3.18. The predicted octanol–water partition coefficient (Wildman–Crippen LogP) is 2.94. The van der Waals surface area contributed by atoms with Crippen LogP contribution in [0.15, 0.2) is 36.4 Å². The molecule has 0 unspecified atom stereocenters. The average molecular weight is 256 g/mol. The molecule has 1 aromatic heterocycles. The van der Waals surface area contributed by atoms with Crippen molar-refractivity contribution in [3.05, 3.63) is 42.1 Å². The zero-order chi connectivity index (χ0) is 13.2. The minimum absolute atomic E-state index is 0.272. The summed E-state index contributed by atoms with van der Waals surface area (Å²) in [4.78, 5) is 11.8. The van der Waals surface area contributed by atoms with Gasteiger partial charge in [0.15, 0.2) is 5.82 Å². The number of carbonyl (C=O) groups excluding carboxylic acids is 1. The van der Waals surface area contributed by atoms with Crippen LogP contribution in [0.4, 0.5) is 16.3 Å². The van der Waals surface area contributed by atoms with E-state index in [1.54, 1.807) is 0 Å². The molecular weight excluding hydrogens is 240 g/mol. The Morgan fingerprint density at radius 1 is 1.26 bits per heavy atom. The highest BCUT2D eigenvalue weighted by atomic mass is 16.2. The number of hydrogen-bond donors (Lipinski definition) is 2. The molecule has 1 aromatic carbocycles. The van der Waals surface area contributed by atoms with Gasteiger partial charge in [0.05, 0.1) is 0 Å².